The molecule has 0 spiro atoms. The Labute approximate surface area is 84.1 Å². The third-order valence-electron chi connectivity index (χ3n) is 2.38. The summed E-state index contributed by atoms with van der Waals surface area (Å²) in [6, 6.07) is 0. The van der Waals surface area contributed by atoms with Crippen LogP contribution in [0, 0.1) is 11.1 Å². The fourth-order valence-electron chi connectivity index (χ4n) is 1.68. The molecule has 0 aromatic carbocycles. The summed E-state index contributed by atoms with van der Waals surface area (Å²) in [6.45, 7) is 7.10. The van der Waals surface area contributed by atoms with Crippen molar-refractivity contribution in [2.24, 2.45) is 5.92 Å². The SMILES string of the molecule is CC1C=[N+]([O-])C(C)(C(=O)OC(C)C)C1. The fraction of sp³-hybridized carbons (Fsp3) is 0.800. The van der Waals surface area contributed by atoms with Crippen molar-refractivity contribution in [2.45, 2.75) is 45.8 Å². The summed E-state index contributed by atoms with van der Waals surface area (Å²) in [5.74, 6) is -0.291. The van der Waals surface area contributed by atoms with Crippen molar-refractivity contribution in [1.82, 2.24) is 0 Å². The van der Waals surface area contributed by atoms with E-state index in [1.54, 1.807) is 20.8 Å². The third kappa shape index (κ3) is 1.89. The summed E-state index contributed by atoms with van der Waals surface area (Å²) in [5, 5.41) is 11.5. The standard InChI is InChI=1S/C10H17NO3/c1-7(2)14-9(12)10(4)5-8(3)6-11(10)13/h6-8H,5H2,1-4H3. The Morgan fingerprint density at radius 3 is 2.64 bits per heavy atom. The molecule has 2 unspecified atom stereocenters. The number of ether oxygens (including phenoxy) is 1. The van der Waals surface area contributed by atoms with Gasteiger partial charge >= 0.3 is 5.97 Å². The predicted molar refractivity (Wildman–Crippen MR) is 53.1 cm³/mol. The second kappa shape index (κ2) is 3.59. The highest BCUT2D eigenvalue weighted by Gasteiger charge is 2.49. The smallest absolute Gasteiger partial charge is 0.379 e. The number of hydroxylamine groups is 1. The van der Waals surface area contributed by atoms with Gasteiger partial charge in [-0.15, -0.1) is 0 Å². The molecular formula is C10H17NO3. The summed E-state index contributed by atoms with van der Waals surface area (Å²) < 4.78 is 5.78. The molecule has 0 saturated heterocycles. The molecule has 0 N–H and O–H groups in total. The number of nitrogens with zero attached hydrogens (tertiary/aromatic N) is 1. The topological polar surface area (TPSA) is 52.4 Å². The zero-order valence-corrected chi connectivity index (χ0v) is 9.11. The van der Waals surface area contributed by atoms with Crippen molar-refractivity contribution in [3.8, 4) is 0 Å². The van der Waals surface area contributed by atoms with E-state index in [2.05, 4.69) is 0 Å². The second-order valence-electron chi connectivity index (χ2n) is 4.38. The van der Waals surface area contributed by atoms with E-state index in [0.29, 0.717) is 6.42 Å². The largest absolute Gasteiger partial charge is 0.623 e. The van der Waals surface area contributed by atoms with Crippen LogP contribution in [0.25, 0.3) is 0 Å². The zero-order valence-electron chi connectivity index (χ0n) is 9.11. The summed E-state index contributed by atoms with van der Waals surface area (Å²) in [4.78, 5) is 11.6. The van der Waals surface area contributed by atoms with Gasteiger partial charge in [0.15, 0.2) is 6.21 Å². The van der Waals surface area contributed by atoms with Gasteiger partial charge < -0.3 is 9.94 Å². The van der Waals surface area contributed by atoms with E-state index in [4.69, 9.17) is 4.74 Å². The van der Waals surface area contributed by atoms with Crippen LogP contribution in [0.3, 0.4) is 0 Å². The lowest BCUT2D eigenvalue weighted by Crippen LogP contribution is -2.43. The molecule has 1 aliphatic heterocycles. The van der Waals surface area contributed by atoms with Gasteiger partial charge in [0.1, 0.15) is 0 Å². The zero-order chi connectivity index (χ0) is 10.9. The van der Waals surface area contributed by atoms with E-state index in [-0.39, 0.29) is 12.0 Å². The van der Waals surface area contributed by atoms with Gasteiger partial charge in [-0.3, -0.25) is 0 Å². The van der Waals surface area contributed by atoms with Crippen molar-refractivity contribution < 1.29 is 14.3 Å². The Morgan fingerprint density at radius 1 is 1.71 bits per heavy atom. The minimum absolute atomic E-state index is 0.136. The van der Waals surface area contributed by atoms with E-state index in [1.807, 2.05) is 6.92 Å². The fourth-order valence-corrected chi connectivity index (χ4v) is 1.68. The van der Waals surface area contributed by atoms with Gasteiger partial charge in [0.25, 0.3) is 5.54 Å². The maximum Gasteiger partial charge on any atom is 0.379 e. The average Bonchev–Trinajstić information content (AvgIpc) is 2.25. The lowest BCUT2D eigenvalue weighted by molar-refractivity contribution is -0.518. The highest BCUT2D eigenvalue weighted by molar-refractivity contribution is 5.81. The molecule has 0 amide bonds. The Balaban J connectivity index is 2.77. The summed E-state index contributed by atoms with van der Waals surface area (Å²) in [7, 11) is 0. The Bertz CT molecular complexity index is 273. The van der Waals surface area contributed by atoms with Crippen molar-refractivity contribution in [3.63, 3.8) is 0 Å². The van der Waals surface area contributed by atoms with E-state index in [9.17, 15) is 10.0 Å². The molecule has 0 aliphatic carbocycles. The molecule has 1 heterocycles. The maximum atomic E-state index is 11.6. The third-order valence-corrected chi connectivity index (χ3v) is 2.38. The van der Waals surface area contributed by atoms with Crippen molar-refractivity contribution in [1.29, 1.82) is 0 Å². The van der Waals surface area contributed by atoms with Crippen LogP contribution in [0.15, 0.2) is 0 Å². The predicted octanol–water partition coefficient (Wildman–Crippen LogP) is 1.32. The normalized spacial score (nSPS) is 31.8. The number of carbonyl (C=O) groups excluding carboxylic acids is 1. The number of rotatable bonds is 2. The van der Waals surface area contributed by atoms with E-state index < -0.39 is 11.5 Å². The average molecular weight is 199 g/mol. The van der Waals surface area contributed by atoms with Crippen LogP contribution in [-0.4, -0.2) is 28.6 Å². The summed E-state index contributed by atoms with van der Waals surface area (Å²) in [6.07, 6.45) is 1.88. The van der Waals surface area contributed by atoms with Gasteiger partial charge in [0, 0.05) is 19.3 Å². The number of carbonyl (C=O) groups is 1. The molecule has 0 radical (unpaired) electrons. The van der Waals surface area contributed by atoms with Crippen molar-refractivity contribution in [3.05, 3.63) is 5.21 Å². The summed E-state index contributed by atoms with van der Waals surface area (Å²) in [5.41, 5.74) is -1.02. The van der Waals surface area contributed by atoms with E-state index in [0.717, 1.165) is 4.74 Å². The van der Waals surface area contributed by atoms with Crippen molar-refractivity contribution >= 4 is 12.2 Å². The Kier molecular flexibility index (Phi) is 2.83. The van der Waals surface area contributed by atoms with Gasteiger partial charge in [-0.1, -0.05) is 6.92 Å². The number of esters is 1. The van der Waals surface area contributed by atoms with E-state index >= 15 is 0 Å². The molecule has 80 valence electrons. The lowest BCUT2D eigenvalue weighted by Gasteiger charge is -2.22. The molecular weight excluding hydrogens is 182 g/mol. The monoisotopic (exact) mass is 199 g/mol. The molecule has 0 bridgehead atoms. The molecule has 1 rings (SSSR count). The van der Waals surface area contributed by atoms with Crippen LogP contribution in [0.1, 0.15) is 34.1 Å². The van der Waals surface area contributed by atoms with Gasteiger partial charge in [0.05, 0.1) is 6.10 Å². The molecule has 2 atom stereocenters. The Hall–Kier alpha value is -1.06. The van der Waals surface area contributed by atoms with Crippen LogP contribution < -0.4 is 0 Å². The minimum atomic E-state index is -1.02. The highest BCUT2D eigenvalue weighted by atomic mass is 16.6. The minimum Gasteiger partial charge on any atom is -0.623 e. The molecule has 14 heavy (non-hydrogen) atoms. The quantitative estimate of drug-likeness (QED) is 0.383. The van der Waals surface area contributed by atoms with Crippen LogP contribution >= 0.6 is 0 Å². The molecule has 0 fully saturated rings. The van der Waals surface area contributed by atoms with Gasteiger partial charge in [-0.05, 0) is 13.8 Å². The van der Waals surface area contributed by atoms with Crippen LogP contribution in [0.5, 0.6) is 0 Å². The van der Waals surface area contributed by atoms with Crippen molar-refractivity contribution in [2.75, 3.05) is 0 Å². The molecule has 0 saturated carbocycles. The number of hydrogen-bond donors (Lipinski definition) is 0. The van der Waals surface area contributed by atoms with Crippen LogP contribution in [0.4, 0.5) is 0 Å². The molecule has 0 aromatic heterocycles. The molecule has 0 aromatic rings. The number of hydrogen-bond acceptors (Lipinski definition) is 3. The second-order valence-corrected chi connectivity index (χ2v) is 4.38. The molecule has 4 nitrogen and oxygen atoms in total. The Morgan fingerprint density at radius 2 is 2.29 bits per heavy atom. The summed E-state index contributed by atoms with van der Waals surface area (Å²) >= 11 is 0. The van der Waals surface area contributed by atoms with Crippen LogP contribution in [-0.2, 0) is 9.53 Å². The van der Waals surface area contributed by atoms with E-state index in [1.165, 1.54) is 6.21 Å². The van der Waals surface area contributed by atoms with Gasteiger partial charge in [-0.25, -0.2) is 4.79 Å². The first-order valence-corrected chi connectivity index (χ1v) is 4.89. The van der Waals surface area contributed by atoms with Crippen LogP contribution in [0.2, 0.25) is 0 Å². The first kappa shape index (κ1) is 11.0. The first-order chi connectivity index (χ1) is 6.36. The first-order valence-electron chi connectivity index (χ1n) is 4.89. The molecule has 1 aliphatic rings. The van der Waals surface area contributed by atoms with Gasteiger partial charge in [0.2, 0.25) is 0 Å². The highest BCUT2D eigenvalue weighted by Crippen LogP contribution is 2.27. The lowest BCUT2D eigenvalue weighted by atomic mass is 9.95. The molecule has 4 heteroatoms. The maximum absolute atomic E-state index is 11.6. The van der Waals surface area contributed by atoms with Gasteiger partial charge in [-0.2, -0.15) is 4.74 Å².